The van der Waals surface area contributed by atoms with Gasteiger partial charge in [-0.2, -0.15) is 0 Å². The van der Waals surface area contributed by atoms with E-state index in [1.165, 1.54) is 0 Å². The second kappa shape index (κ2) is 6.70. The van der Waals surface area contributed by atoms with Crippen LogP contribution in [-0.4, -0.2) is 15.9 Å². The number of nitrogens with one attached hydrogen (secondary N) is 2. The first-order valence-electron chi connectivity index (χ1n) is 7.24. The van der Waals surface area contributed by atoms with Crippen LogP contribution in [0.25, 0.3) is 0 Å². The van der Waals surface area contributed by atoms with E-state index in [9.17, 15) is 4.79 Å². The van der Waals surface area contributed by atoms with Gasteiger partial charge in [0.25, 0.3) is 5.91 Å². The average molecular weight is 304 g/mol. The second-order valence-corrected chi connectivity index (χ2v) is 5.08. The molecule has 0 unspecified atom stereocenters. The Morgan fingerprint density at radius 2 is 1.74 bits per heavy atom. The van der Waals surface area contributed by atoms with Crippen LogP contribution in [0.3, 0.4) is 0 Å². The Bertz CT molecular complexity index is 818. The molecule has 0 bridgehead atoms. The molecule has 0 aliphatic rings. The minimum atomic E-state index is -0.272. The number of nitrogens with zero attached hydrogens (tertiary/aromatic N) is 2. The first kappa shape index (κ1) is 14.7. The molecule has 0 saturated carbocycles. The van der Waals surface area contributed by atoms with Crippen LogP contribution < -0.4 is 10.6 Å². The molecule has 1 aromatic heterocycles. The fraction of sp³-hybridized carbons (Fsp3) is 0.0556. The van der Waals surface area contributed by atoms with E-state index in [-0.39, 0.29) is 5.91 Å². The van der Waals surface area contributed by atoms with Crippen molar-refractivity contribution in [1.82, 2.24) is 9.97 Å². The third-order valence-electron chi connectivity index (χ3n) is 3.19. The van der Waals surface area contributed by atoms with Gasteiger partial charge in [0.1, 0.15) is 5.69 Å². The maximum absolute atomic E-state index is 12.2. The molecule has 3 aromatic rings. The van der Waals surface area contributed by atoms with Crippen LogP contribution in [0, 0.1) is 6.92 Å². The number of hydrogen-bond acceptors (Lipinski definition) is 4. The van der Waals surface area contributed by atoms with E-state index in [2.05, 4.69) is 20.6 Å². The van der Waals surface area contributed by atoms with Crippen LogP contribution in [-0.2, 0) is 0 Å². The first-order chi connectivity index (χ1) is 11.2. The fourth-order valence-electron chi connectivity index (χ4n) is 2.11. The number of benzene rings is 2. The van der Waals surface area contributed by atoms with Crippen molar-refractivity contribution >= 4 is 23.2 Å². The molecule has 0 aliphatic carbocycles. The molecule has 1 heterocycles. The molecule has 0 saturated heterocycles. The van der Waals surface area contributed by atoms with Crippen molar-refractivity contribution in [2.45, 2.75) is 6.92 Å². The molecule has 0 fully saturated rings. The van der Waals surface area contributed by atoms with Gasteiger partial charge in [0, 0.05) is 17.6 Å². The van der Waals surface area contributed by atoms with Crippen LogP contribution in [0.4, 0.5) is 17.3 Å². The molecule has 114 valence electrons. The Labute approximate surface area is 134 Å². The first-order valence-corrected chi connectivity index (χ1v) is 7.24. The highest BCUT2D eigenvalue weighted by atomic mass is 16.1. The van der Waals surface area contributed by atoms with E-state index in [1.54, 1.807) is 12.3 Å². The van der Waals surface area contributed by atoms with Crippen molar-refractivity contribution in [2.75, 3.05) is 10.6 Å². The molecule has 0 atom stereocenters. The SMILES string of the molecule is Cc1cccc(Nc2nccc(C(=O)Nc3ccccc3)n2)c1. The van der Waals surface area contributed by atoms with E-state index in [0.29, 0.717) is 11.6 Å². The zero-order valence-corrected chi connectivity index (χ0v) is 12.7. The third kappa shape index (κ3) is 3.91. The summed E-state index contributed by atoms with van der Waals surface area (Å²) in [6, 6.07) is 18.7. The number of anilines is 3. The molecule has 0 aliphatic heterocycles. The number of rotatable bonds is 4. The molecule has 2 N–H and O–H groups in total. The Balaban J connectivity index is 1.75. The van der Waals surface area contributed by atoms with E-state index in [4.69, 9.17) is 0 Å². The van der Waals surface area contributed by atoms with Crippen molar-refractivity contribution in [1.29, 1.82) is 0 Å². The fourth-order valence-corrected chi connectivity index (χ4v) is 2.11. The van der Waals surface area contributed by atoms with E-state index < -0.39 is 0 Å². The lowest BCUT2D eigenvalue weighted by molar-refractivity contribution is 0.102. The number of carbonyl (C=O) groups is 1. The molecular weight excluding hydrogens is 288 g/mol. The molecule has 0 spiro atoms. The molecule has 1 amide bonds. The summed E-state index contributed by atoms with van der Waals surface area (Å²) >= 11 is 0. The van der Waals surface area contributed by atoms with Crippen LogP contribution in [0.2, 0.25) is 0 Å². The number of carbonyl (C=O) groups excluding carboxylic acids is 1. The Morgan fingerprint density at radius 1 is 0.957 bits per heavy atom. The predicted molar refractivity (Wildman–Crippen MR) is 90.9 cm³/mol. The molecule has 23 heavy (non-hydrogen) atoms. The van der Waals surface area contributed by atoms with Gasteiger partial charge in [0.05, 0.1) is 0 Å². The van der Waals surface area contributed by atoms with Crippen LogP contribution in [0.5, 0.6) is 0 Å². The van der Waals surface area contributed by atoms with Gasteiger partial charge in [0.2, 0.25) is 5.95 Å². The normalized spacial score (nSPS) is 10.1. The topological polar surface area (TPSA) is 66.9 Å². The monoisotopic (exact) mass is 304 g/mol. The average Bonchev–Trinajstić information content (AvgIpc) is 2.56. The summed E-state index contributed by atoms with van der Waals surface area (Å²) in [7, 11) is 0. The number of hydrogen-bond donors (Lipinski definition) is 2. The summed E-state index contributed by atoms with van der Waals surface area (Å²) in [6.07, 6.45) is 1.56. The number of amides is 1. The van der Waals surface area contributed by atoms with Crippen LogP contribution >= 0.6 is 0 Å². The predicted octanol–water partition coefficient (Wildman–Crippen LogP) is 3.78. The molecular formula is C18H16N4O. The molecule has 0 radical (unpaired) electrons. The van der Waals surface area contributed by atoms with E-state index in [1.807, 2.05) is 61.5 Å². The standard InChI is InChI=1S/C18H16N4O/c1-13-6-5-9-15(12-13)21-18-19-11-10-16(22-18)17(23)20-14-7-3-2-4-8-14/h2-12H,1H3,(H,20,23)(H,19,21,22). The van der Waals surface area contributed by atoms with Gasteiger partial charge in [-0.05, 0) is 42.8 Å². The maximum atomic E-state index is 12.2. The zero-order chi connectivity index (χ0) is 16.1. The summed E-state index contributed by atoms with van der Waals surface area (Å²) < 4.78 is 0. The number of aryl methyl sites for hydroxylation is 1. The second-order valence-electron chi connectivity index (χ2n) is 5.08. The summed E-state index contributed by atoms with van der Waals surface area (Å²) in [5.74, 6) is 0.113. The molecule has 3 rings (SSSR count). The van der Waals surface area contributed by atoms with Crippen LogP contribution in [0.15, 0.2) is 66.9 Å². The highest BCUT2D eigenvalue weighted by Gasteiger charge is 2.09. The molecule has 5 heteroatoms. The summed E-state index contributed by atoms with van der Waals surface area (Å²) in [6.45, 7) is 2.01. The van der Waals surface area contributed by atoms with E-state index in [0.717, 1.165) is 16.9 Å². The van der Waals surface area contributed by atoms with Crippen molar-refractivity contribution in [3.05, 3.63) is 78.1 Å². The minimum absolute atomic E-state index is 0.272. The quantitative estimate of drug-likeness (QED) is 0.769. The summed E-state index contributed by atoms with van der Waals surface area (Å²) in [4.78, 5) is 20.7. The Morgan fingerprint density at radius 3 is 2.52 bits per heavy atom. The largest absolute Gasteiger partial charge is 0.324 e. The van der Waals surface area contributed by atoms with Gasteiger partial charge >= 0.3 is 0 Å². The van der Waals surface area contributed by atoms with Gasteiger partial charge in [-0.15, -0.1) is 0 Å². The van der Waals surface area contributed by atoms with Crippen molar-refractivity contribution in [3.8, 4) is 0 Å². The van der Waals surface area contributed by atoms with Gasteiger partial charge < -0.3 is 10.6 Å². The van der Waals surface area contributed by atoms with Gasteiger partial charge in [0.15, 0.2) is 0 Å². The third-order valence-corrected chi connectivity index (χ3v) is 3.19. The van der Waals surface area contributed by atoms with Crippen molar-refractivity contribution in [2.24, 2.45) is 0 Å². The van der Waals surface area contributed by atoms with Gasteiger partial charge in [-0.1, -0.05) is 30.3 Å². The maximum Gasteiger partial charge on any atom is 0.274 e. The smallest absolute Gasteiger partial charge is 0.274 e. The Kier molecular flexibility index (Phi) is 4.29. The Hall–Kier alpha value is -3.21. The van der Waals surface area contributed by atoms with Crippen molar-refractivity contribution in [3.63, 3.8) is 0 Å². The van der Waals surface area contributed by atoms with Gasteiger partial charge in [-0.3, -0.25) is 4.79 Å². The lowest BCUT2D eigenvalue weighted by atomic mass is 10.2. The lowest BCUT2D eigenvalue weighted by Crippen LogP contribution is -2.14. The number of aromatic nitrogens is 2. The highest BCUT2D eigenvalue weighted by Crippen LogP contribution is 2.15. The number of para-hydroxylation sites is 1. The molecule has 5 nitrogen and oxygen atoms in total. The van der Waals surface area contributed by atoms with E-state index >= 15 is 0 Å². The zero-order valence-electron chi connectivity index (χ0n) is 12.7. The summed E-state index contributed by atoms with van der Waals surface area (Å²) in [5.41, 5.74) is 3.04. The minimum Gasteiger partial charge on any atom is -0.324 e. The summed E-state index contributed by atoms with van der Waals surface area (Å²) in [5, 5.41) is 5.90. The van der Waals surface area contributed by atoms with Crippen molar-refractivity contribution < 1.29 is 4.79 Å². The highest BCUT2D eigenvalue weighted by molar-refractivity contribution is 6.02. The van der Waals surface area contributed by atoms with Gasteiger partial charge in [-0.25, -0.2) is 9.97 Å². The lowest BCUT2D eigenvalue weighted by Gasteiger charge is -2.08. The van der Waals surface area contributed by atoms with Crippen LogP contribution in [0.1, 0.15) is 16.1 Å². The molecule has 2 aromatic carbocycles.